The summed E-state index contributed by atoms with van der Waals surface area (Å²) >= 11 is 6.13. The number of thioether (sulfide) groups is 1. The third kappa shape index (κ3) is 3.76. The molecule has 0 aliphatic rings. The Hall–Kier alpha value is -0.990. The lowest BCUT2D eigenvalue weighted by Gasteiger charge is -2.06. The van der Waals surface area contributed by atoms with Crippen LogP contribution in [0.3, 0.4) is 0 Å². The van der Waals surface area contributed by atoms with Crippen LogP contribution in [0, 0.1) is 6.92 Å². The second kappa shape index (κ2) is 6.26. The lowest BCUT2D eigenvalue weighted by molar-refractivity contribution is -0.113. The van der Waals surface area contributed by atoms with Crippen molar-refractivity contribution in [2.24, 2.45) is 0 Å². The molecule has 2 aromatic rings. The molecule has 8 heteroatoms. The quantitative estimate of drug-likeness (QED) is 0.863. The van der Waals surface area contributed by atoms with Crippen LogP contribution in [0.2, 0.25) is 0 Å². The maximum atomic E-state index is 11.7. The molecule has 18 heavy (non-hydrogen) atoms. The van der Waals surface area contributed by atoms with Gasteiger partial charge in [0.1, 0.15) is 11.3 Å². The molecular weight excluding hydrogens is 336 g/mol. The minimum atomic E-state index is -0.118. The SMILES string of the molecule is Cc1cnc(NC(=O)CSc2nncs2)c(Br)c1. The van der Waals surface area contributed by atoms with Crippen LogP contribution in [-0.4, -0.2) is 26.8 Å². The number of nitrogens with one attached hydrogen (secondary N) is 1. The molecule has 0 aliphatic carbocycles. The van der Waals surface area contributed by atoms with Gasteiger partial charge in [-0.25, -0.2) is 4.98 Å². The fourth-order valence-electron chi connectivity index (χ4n) is 1.15. The molecule has 0 spiro atoms. The Bertz CT molecular complexity index is 547. The molecule has 0 aliphatic heterocycles. The van der Waals surface area contributed by atoms with Gasteiger partial charge in [0.05, 0.1) is 10.2 Å². The van der Waals surface area contributed by atoms with E-state index >= 15 is 0 Å². The molecule has 0 atom stereocenters. The molecule has 0 aromatic carbocycles. The maximum Gasteiger partial charge on any atom is 0.236 e. The van der Waals surface area contributed by atoms with Crippen molar-refractivity contribution < 1.29 is 4.79 Å². The Labute approximate surface area is 121 Å². The highest BCUT2D eigenvalue weighted by atomic mass is 79.9. The minimum absolute atomic E-state index is 0.118. The van der Waals surface area contributed by atoms with Gasteiger partial charge in [-0.05, 0) is 34.5 Å². The van der Waals surface area contributed by atoms with E-state index in [1.54, 1.807) is 11.7 Å². The van der Waals surface area contributed by atoms with Gasteiger partial charge in [0.15, 0.2) is 4.34 Å². The average Bonchev–Trinajstić information content (AvgIpc) is 2.83. The molecule has 1 N–H and O–H groups in total. The van der Waals surface area contributed by atoms with Crippen molar-refractivity contribution in [1.82, 2.24) is 15.2 Å². The van der Waals surface area contributed by atoms with E-state index in [4.69, 9.17) is 0 Å². The van der Waals surface area contributed by atoms with Crippen molar-refractivity contribution in [2.45, 2.75) is 11.3 Å². The maximum absolute atomic E-state index is 11.7. The van der Waals surface area contributed by atoms with Crippen molar-refractivity contribution in [1.29, 1.82) is 0 Å². The van der Waals surface area contributed by atoms with E-state index in [2.05, 4.69) is 36.4 Å². The number of nitrogens with zero attached hydrogens (tertiary/aromatic N) is 3. The average molecular weight is 345 g/mol. The van der Waals surface area contributed by atoms with E-state index in [1.165, 1.54) is 23.1 Å². The molecule has 0 saturated carbocycles. The van der Waals surface area contributed by atoms with E-state index in [1.807, 2.05) is 13.0 Å². The summed E-state index contributed by atoms with van der Waals surface area (Å²) < 4.78 is 1.55. The number of amides is 1. The predicted octanol–water partition coefficient (Wildman–Crippen LogP) is 2.73. The summed E-state index contributed by atoms with van der Waals surface area (Å²) in [5.41, 5.74) is 2.67. The summed E-state index contributed by atoms with van der Waals surface area (Å²) in [4.78, 5) is 15.9. The molecule has 0 radical (unpaired) electrons. The number of carbonyl (C=O) groups excluding carboxylic acids is 1. The third-order valence-electron chi connectivity index (χ3n) is 1.90. The molecule has 2 aromatic heterocycles. The van der Waals surface area contributed by atoms with Gasteiger partial charge < -0.3 is 5.32 Å². The molecule has 2 heterocycles. The van der Waals surface area contributed by atoms with E-state index in [0.29, 0.717) is 5.82 Å². The molecule has 2 rings (SSSR count). The number of pyridine rings is 1. The molecule has 0 unspecified atom stereocenters. The van der Waals surface area contributed by atoms with Gasteiger partial charge in [-0.1, -0.05) is 23.1 Å². The van der Waals surface area contributed by atoms with Gasteiger partial charge in [0.25, 0.3) is 0 Å². The second-order valence-electron chi connectivity index (χ2n) is 3.38. The zero-order chi connectivity index (χ0) is 13.0. The van der Waals surface area contributed by atoms with Gasteiger partial charge in [-0.3, -0.25) is 4.79 Å². The van der Waals surface area contributed by atoms with Crippen LogP contribution in [0.4, 0.5) is 5.82 Å². The summed E-state index contributed by atoms with van der Waals surface area (Å²) in [6, 6.07) is 1.90. The highest BCUT2D eigenvalue weighted by Gasteiger charge is 2.08. The first-order valence-electron chi connectivity index (χ1n) is 4.96. The van der Waals surface area contributed by atoms with Gasteiger partial charge in [-0.2, -0.15) is 0 Å². The fraction of sp³-hybridized carbons (Fsp3) is 0.200. The zero-order valence-corrected chi connectivity index (χ0v) is 12.6. The Morgan fingerprint density at radius 1 is 1.61 bits per heavy atom. The van der Waals surface area contributed by atoms with Crippen LogP contribution in [0.5, 0.6) is 0 Å². The van der Waals surface area contributed by atoms with Gasteiger partial charge in [0, 0.05) is 6.20 Å². The normalized spacial score (nSPS) is 10.3. The zero-order valence-electron chi connectivity index (χ0n) is 9.38. The van der Waals surface area contributed by atoms with E-state index < -0.39 is 0 Å². The number of anilines is 1. The summed E-state index contributed by atoms with van der Waals surface area (Å²) in [6.07, 6.45) is 1.71. The van der Waals surface area contributed by atoms with Crippen molar-refractivity contribution in [3.05, 3.63) is 27.8 Å². The summed E-state index contributed by atoms with van der Waals surface area (Å²) in [5.74, 6) is 0.702. The molecule has 5 nitrogen and oxygen atoms in total. The molecular formula is C10H9BrN4OS2. The number of aromatic nitrogens is 3. The Kier molecular flexibility index (Phi) is 4.67. The van der Waals surface area contributed by atoms with Crippen molar-refractivity contribution in [2.75, 3.05) is 11.1 Å². The van der Waals surface area contributed by atoms with Gasteiger partial charge in [0.2, 0.25) is 5.91 Å². The van der Waals surface area contributed by atoms with Crippen LogP contribution >= 0.6 is 39.0 Å². The van der Waals surface area contributed by atoms with Crippen molar-refractivity contribution in [3.63, 3.8) is 0 Å². The van der Waals surface area contributed by atoms with Crippen molar-refractivity contribution in [3.8, 4) is 0 Å². The lowest BCUT2D eigenvalue weighted by atomic mass is 10.3. The summed E-state index contributed by atoms with van der Waals surface area (Å²) in [7, 11) is 0. The Morgan fingerprint density at radius 2 is 2.44 bits per heavy atom. The van der Waals surface area contributed by atoms with Crippen molar-refractivity contribution >= 4 is 50.8 Å². The van der Waals surface area contributed by atoms with Crippen LogP contribution < -0.4 is 5.32 Å². The lowest BCUT2D eigenvalue weighted by Crippen LogP contribution is -2.15. The van der Waals surface area contributed by atoms with Crippen LogP contribution in [0.15, 0.2) is 26.6 Å². The minimum Gasteiger partial charge on any atom is -0.309 e. The number of carbonyl (C=O) groups is 1. The van der Waals surface area contributed by atoms with Gasteiger partial charge in [-0.15, -0.1) is 10.2 Å². The second-order valence-corrected chi connectivity index (χ2v) is 6.29. The standard InChI is InChI=1S/C10H9BrN4OS2/c1-6-2-7(11)9(12-3-6)14-8(16)4-17-10-15-13-5-18-10/h2-3,5H,4H2,1H3,(H,12,14,16). The molecule has 1 amide bonds. The summed E-state index contributed by atoms with van der Waals surface area (Å²) in [6.45, 7) is 1.94. The topological polar surface area (TPSA) is 67.8 Å². The highest BCUT2D eigenvalue weighted by molar-refractivity contribution is 9.10. The van der Waals surface area contributed by atoms with E-state index in [9.17, 15) is 4.79 Å². The first-order valence-corrected chi connectivity index (χ1v) is 7.62. The number of rotatable bonds is 4. The number of aryl methyl sites for hydroxylation is 1. The van der Waals surface area contributed by atoms with Crippen LogP contribution in [-0.2, 0) is 4.79 Å². The predicted molar refractivity (Wildman–Crippen MR) is 75.9 cm³/mol. The fourth-order valence-corrected chi connectivity index (χ4v) is 3.00. The molecule has 0 saturated heterocycles. The van der Waals surface area contributed by atoms with Crippen LogP contribution in [0.1, 0.15) is 5.56 Å². The van der Waals surface area contributed by atoms with E-state index in [0.717, 1.165) is 14.4 Å². The summed E-state index contributed by atoms with van der Waals surface area (Å²) in [5, 5.41) is 10.3. The number of hydrogen-bond donors (Lipinski definition) is 1. The Balaban J connectivity index is 1.91. The van der Waals surface area contributed by atoms with Crippen LogP contribution in [0.25, 0.3) is 0 Å². The number of hydrogen-bond acceptors (Lipinski definition) is 6. The molecule has 94 valence electrons. The van der Waals surface area contributed by atoms with Gasteiger partial charge >= 0.3 is 0 Å². The first kappa shape index (κ1) is 13.4. The smallest absolute Gasteiger partial charge is 0.236 e. The molecule has 0 bridgehead atoms. The number of halogens is 1. The van der Waals surface area contributed by atoms with E-state index in [-0.39, 0.29) is 11.7 Å². The largest absolute Gasteiger partial charge is 0.309 e. The highest BCUT2D eigenvalue weighted by Crippen LogP contribution is 2.22. The monoisotopic (exact) mass is 344 g/mol. The Morgan fingerprint density at radius 3 is 3.11 bits per heavy atom. The first-order chi connectivity index (χ1) is 8.65. The third-order valence-corrected chi connectivity index (χ3v) is 4.37. The molecule has 0 fully saturated rings.